The van der Waals surface area contributed by atoms with Crippen molar-refractivity contribution < 1.29 is 9.53 Å². The van der Waals surface area contributed by atoms with Crippen molar-refractivity contribution in [2.45, 2.75) is 13.0 Å². The first kappa shape index (κ1) is 8.12. The van der Waals surface area contributed by atoms with Crippen LogP contribution in [0.4, 0.5) is 5.95 Å². The molecule has 2 rings (SSSR count). The molecule has 0 amide bonds. The van der Waals surface area contributed by atoms with E-state index in [2.05, 4.69) is 9.97 Å². The lowest BCUT2D eigenvalue weighted by Crippen LogP contribution is -2.17. The van der Waals surface area contributed by atoms with Crippen molar-refractivity contribution >= 4 is 12.2 Å². The lowest BCUT2D eigenvalue weighted by atomic mass is 10.1. The van der Waals surface area contributed by atoms with Gasteiger partial charge in [0.15, 0.2) is 6.29 Å². The Morgan fingerprint density at radius 3 is 3.08 bits per heavy atom. The maximum atomic E-state index is 10.6. The van der Waals surface area contributed by atoms with Gasteiger partial charge < -0.3 is 10.5 Å². The first-order valence-corrected chi connectivity index (χ1v) is 3.99. The number of aromatic nitrogens is 2. The summed E-state index contributed by atoms with van der Waals surface area (Å²) in [6, 6.07) is 0. The SMILES string of the molecule is Nc1nc(C=O)c2c(n1)CCOC2. The van der Waals surface area contributed by atoms with E-state index in [1.54, 1.807) is 0 Å². The highest BCUT2D eigenvalue weighted by Gasteiger charge is 2.16. The van der Waals surface area contributed by atoms with Gasteiger partial charge in [0.1, 0.15) is 5.69 Å². The van der Waals surface area contributed by atoms with Gasteiger partial charge in [-0.1, -0.05) is 0 Å². The molecule has 1 aliphatic rings. The molecule has 0 atom stereocenters. The normalized spacial score (nSPS) is 15.1. The Morgan fingerprint density at radius 2 is 2.31 bits per heavy atom. The summed E-state index contributed by atoms with van der Waals surface area (Å²) in [5.74, 6) is 0.155. The second-order valence-corrected chi connectivity index (χ2v) is 2.81. The average Bonchev–Trinajstić information content (AvgIpc) is 2.16. The molecule has 1 aliphatic heterocycles. The van der Waals surface area contributed by atoms with Crippen LogP contribution in [0.2, 0.25) is 0 Å². The van der Waals surface area contributed by atoms with Crippen molar-refractivity contribution in [3.8, 4) is 0 Å². The number of nitrogens with zero attached hydrogens (tertiary/aromatic N) is 2. The van der Waals surface area contributed by atoms with Crippen molar-refractivity contribution in [3.05, 3.63) is 17.0 Å². The smallest absolute Gasteiger partial charge is 0.220 e. The molecule has 13 heavy (non-hydrogen) atoms. The van der Waals surface area contributed by atoms with Crippen LogP contribution < -0.4 is 5.73 Å². The Labute approximate surface area is 74.9 Å². The predicted octanol–water partition coefficient (Wildman–Crippen LogP) is -0.0560. The minimum absolute atomic E-state index is 0.155. The van der Waals surface area contributed by atoms with E-state index in [1.165, 1.54) is 0 Å². The van der Waals surface area contributed by atoms with E-state index in [0.717, 1.165) is 11.3 Å². The van der Waals surface area contributed by atoms with E-state index < -0.39 is 0 Å². The maximum absolute atomic E-state index is 10.6. The number of hydrogen-bond donors (Lipinski definition) is 1. The van der Waals surface area contributed by atoms with Gasteiger partial charge >= 0.3 is 0 Å². The first-order chi connectivity index (χ1) is 6.31. The molecule has 2 N–H and O–H groups in total. The summed E-state index contributed by atoms with van der Waals surface area (Å²) in [5.41, 5.74) is 7.39. The molecule has 68 valence electrons. The van der Waals surface area contributed by atoms with Crippen LogP contribution in [0.5, 0.6) is 0 Å². The molecule has 0 radical (unpaired) electrons. The maximum Gasteiger partial charge on any atom is 0.220 e. The second kappa shape index (κ2) is 3.10. The molecule has 5 heteroatoms. The fraction of sp³-hybridized carbons (Fsp3) is 0.375. The lowest BCUT2D eigenvalue weighted by Gasteiger charge is -2.16. The minimum Gasteiger partial charge on any atom is -0.376 e. The van der Waals surface area contributed by atoms with Crippen LogP contribution in [0, 0.1) is 0 Å². The molecule has 0 spiro atoms. The third-order valence-corrected chi connectivity index (χ3v) is 1.98. The Bertz CT molecular complexity index is 351. The monoisotopic (exact) mass is 179 g/mol. The van der Waals surface area contributed by atoms with Crippen molar-refractivity contribution in [3.63, 3.8) is 0 Å². The summed E-state index contributed by atoms with van der Waals surface area (Å²) in [6.07, 6.45) is 1.38. The number of carbonyl (C=O) groups is 1. The Kier molecular flexibility index (Phi) is 1.94. The number of nitrogens with two attached hydrogens (primary N) is 1. The quantitative estimate of drug-likeness (QED) is 0.611. The fourth-order valence-corrected chi connectivity index (χ4v) is 1.37. The van der Waals surface area contributed by atoms with E-state index >= 15 is 0 Å². The van der Waals surface area contributed by atoms with Crippen LogP contribution in [-0.2, 0) is 17.8 Å². The summed E-state index contributed by atoms with van der Waals surface area (Å²) in [7, 11) is 0. The van der Waals surface area contributed by atoms with Gasteiger partial charge in [-0.25, -0.2) is 9.97 Å². The Morgan fingerprint density at radius 1 is 1.46 bits per heavy atom. The van der Waals surface area contributed by atoms with Crippen molar-refractivity contribution in [1.82, 2.24) is 9.97 Å². The molecular weight excluding hydrogens is 170 g/mol. The third-order valence-electron chi connectivity index (χ3n) is 1.98. The molecule has 1 aromatic rings. The van der Waals surface area contributed by atoms with Crippen LogP contribution >= 0.6 is 0 Å². The van der Waals surface area contributed by atoms with Gasteiger partial charge in [0.25, 0.3) is 0 Å². The summed E-state index contributed by atoms with van der Waals surface area (Å²) in [6.45, 7) is 1.03. The zero-order valence-electron chi connectivity index (χ0n) is 6.99. The van der Waals surface area contributed by atoms with Gasteiger partial charge in [-0.2, -0.15) is 0 Å². The van der Waals surface area contributed by atoms with Crippen molar-refractivity contribution in [2.75, 3.05) is 12.3 Å². The molecule has 0 bridgehead atoms. The van der Waals surface area contributed by atoms with Gasteiger partial charge in [-0.3, -0.25) is 4.79 Å². The highest BCUT2D eigenvalue weighted by atomic mass is 16.5. The molecular formula is C8H9N3O2. The summed E-state index contributed by atoms with van der Waals surface area (Å²) < 4.78 is 5.20. The zero-order valence-corrected chi connectivity index (χ0v) is 6.99. The van der Waals surface area contributed by atoms with Crippen LogP contribution in [0.15, 0.2) is 0 Å². The van der Waals surface area contributed by atoms with E-state index in [9.17, 15) is 4.79 Å². The first-order valence-electron chi connectivity index (χ1n) is 3.99. The highest BCUT2D eigenvalue weighted by Crippen LogP contribution is 2.17. The third kappa shape index (κ3) is 1.38. The van der Waals surface area contributed by atoms with E-state index in [1.807, 2.05) is 0 Å². The number of hydrogen-bond acceptors (Lipinski definition) is 5. The Balaban J connectivity index is 2.56. The molecule has 0 aromatic carbocycles. The Hall–Kier alpha value is -1.49. The summed E-state index contributed by atoms with van der Waals surface area (Å²) in [5, 5.41) is 0. The average molecular weight is 179 g/mol. The fourth-order valence-electron chi connectivity index (χ4n) is 1.37. The number of rotatable bonds is 1. The van der Waals surface area contributed by atoms with Gasteiger partial charge in [0.2, 0.25) is 5.95 Å². The van der Waals surface area contributed by atoms with Crippen molar-refractivity contribution in [2.24, 2.45) is 0 Å². The number of aldehydes is 1. The second-order valence-electron chi connectivity index (χ2n) is 2.81. The number of anilines is 1. The van der Waals surface area contributed by atoms with Crippen LogP contribution in [0.25, 0.3) is 0 Å². The van der Waals surface area contributed by atoms with E-state index in [4.69, 9.17) is 10.5 Å². The van der Waals surface area contributed by atoms with Crippen LogP contribution in [-0.4, -0.2) is 22.9 Å². The molecule has 0 saturated heterocycles. The number of carbonyl (C=O) groups excluding carboxylic acids is 1. The molecule has 1 aromatic heterocycles. The minimum atomic E-state index is 0.155. The number of fused-ring (bicyclic) bond motifs is 1. The predicted molar refractivity (Wildman–Crippen MR) is 45.2 cm³/mol. The van der Waals surface area contributed by atoms with Crippen LogP contribution in [0.3, 0.4) is 0 Å². The standard InChI is InChI=1S/C8H9N3O2/c9-8-10-6-1-2-13-4-5(6)7(3-12)11-8/h3H,1-2,4H2,(H2,9,10,11). The molecule has 0 fully saturated rings. The molecule has 0 aliphatic carbocycles. The highest BCUT2D eigenvalue weighted by molar-refractivity contribution is 5.75. The van der Waals surface area contributed by atoms with Crippen molar-refractivity contribution in [1.29, 1.82) is 0 Å². The van der Waals surface area contributed by atoms with Gasteiger partial charge in [0.05, 0.1) is 18.9 Å². The molecule has 0 unspecified atom stereocenters. The zero-order chi connectivity index (χ0) is 9.26. The lowest BCUT2D eigenvalue weighted by molar-refractivity contribution is 0.103. The topological polar surface area (TPSA) is 78.1 Å². The largest absolute Gasteiger partial charge is 0.376 e. The molecule has 0 saturated carbocycles. The summed E-state index contributed by atoms with van der Waals surface area (Å²) in [4.78, 5) is 18.5. The van der Waals surface area contributed by atoms with Gasteiger partial charge in [0, 0.05) is 12.0 Å². The molecule has 5 nitrogen and oxygen atoms in total. The van der Waals surface area contributed by atoms with Gasteiger partial charge in [-0.05, 0) is 0 Å². The van der Waals surface area contributed by atoms with Gasteiger partial charge in [-0.15, -0.1) is 0 Å². The van der Waals surface area contributed by atoms with E-state index in [-0.39, 0.29) is 5.95 Å². The number of nitrogen functional groups attached to an aromatic ring is 1. The summed E-state index contributed by atoms with van der Waals surface area (Å²) >= 11 is 0. The van der Waals surface area contributed by atoms with E-state index in [0.29, 0.717) is 31.6 Å². The number of ether oxygens (including phenoxy) is 1. The molecule has 2 heterocycles. The van der Waals surface area contributed by atoms with Crippen LogP contribution in [0.1, 0.15) is 21.7 Å².